The normalized spacial score (nSPS) is 13.5. The van der Waals surface area contributed by atoms with E-state index in [0.29, 0.717) is 22.3 Å². The van der Waals surface area contributed by atoms with Gasteiger partial charge >= 0.3 is 18.1 Å². The lowest BCUT2D eigenvalue weighted by atomic mass is 9.99. The molecule has 26 heteroatoms. The van der Waals surface area contributed by atoms with Crippen molar-refractivity contribution in [1.82, 2.24) is 51.5 Å². The Morgan fingerprint density at radius 2 is 0.697 bits per heavy atom. The van der Waals surface area contributed by atoms with Gasteiger partial charge in [0.05, 0.1) is 6.04 Å². The molecule has 0 aliphatic rings. The monoisotopic (exact) mass is 1220 g/mol. The maximum atomic E-state index is 15.3. The van der Waals surface area contributed by atoms with Gasteiger partial charge in [0.25, 0.3) is 0 Å². The molecule has 5 aromatic carbocycles. The second kappa shape index (κ2) is 28.1. The Labute approximate surface area is 504 Å². The quantitative estimate of drug-likeness (QED) is 0.0201. The van der Waals surface area contributed by atoms with Crippen LogP contribution in [0, 0.1) is 0 Å². The predicted octanol–water partition coefficient (Wildman–Crippen LogP) is 5.13. The van der Waals surface area contributed by atoms with Crippen molar-refractivity contribution in [1.29, 1.82) is 0 Å². The first-order valence-corrected chi connectivity index (χ1v) is 28.3. The number of carboxylic acid groups (broad SMARTS) is 2. The number of carbonyl (C=O) groups excluding carboxylic acids is 5. The van der Waals surface area contributed by atoms with Gasteiger partial charge in [0.15, 0.2) is 5.96 Å². The number of aliphatic imine (C=N–C) groups is 1. The molecular formula is C63H65F3N14O9. The number of benzene rings is 5. The van der Waals surface area contributed by atoms with Crippen molar-refractivity contribution in [3.05, 3.63) is 180 Å². The number of aliphatic carboxylic acids is 2. The van der Waals surface area contributed by atoms with Gasteiger partial charge in [-0.2, -0.15) is 13.2 Å². The molecule has 0 unspecified atom stereocenters. The molecule has 0 saturated heterocycles. The Balaban J connectivity index is 0.00000127. The van der Waals surface area contributed by atoms with E-state index in [-0.39, 0.29) is 57.5 Å². The van der Waals surface area contributed by atoms with Crippen LogP contribution in [0.3, 0.4) is 0 Å². The van der Waals surface area contributed by atoms with E-state index in [4.69, 9.17) is 27.1 Å². The minimum Gasteiger partial charge on any atom is -0.480 e. The molecule has 10 aromatic rings. The van der Waals surface area contributed by atoms with Crippen LogP contribution in [0.4, 0.5) is 13.2 Å². The Morgan fingerprint density at radius 3 is 1.00 bits per heavy atom. The zero-order valence-corrected chi connectivity index (χ0v) is 47.6. The molecule has 10 rings (SSSR count). The second-order valence-corrected chi connectivity index (χ2v) is 21.3. The molecule has 89 heavy (non-hydrogen) atoms. The zero-order valence-electron chi connectivity index (χ0n) is 47.6. The van der Waals surface area contributed by atoms with Crippen LogP contribution in [0.25, 0.3) is 54.5 Å². The fourth-order valence-corrected chi connectivity index (χ4v) is 10.7. The molecule has 0 radical (unpaired) electrons. The molecule has 0 fully saturated rings. The van der Waals surface area contributed by atoms with Crippen LogP contribution in [0.15, 0.2) is 157 Å². The van der Waals surface area contributed by atoms with Gasteiger partial charge in [-0.25, -0.2) is 9.59 Å². The number of aromatic nitrogens is 5. The highest BCUT2D eigenvalue weighted by Gasteiger charge is 2.38. The smallest absolute Gasteiger partial charge is 0.480 e. The Bertz CT molecular complexity index is 4220. The number of amides is 5. The summed E-state index contributed by atoms with van der Waals surface area (Å²) in [5.74, 6) is -7.83. The molecule has 6 atom stereocenters. The van der Waals surface area contributed by atoms with Crippen LogP contribution in [0.5, 0.6) is 0 Å². The molecule has 0 aliphatic carbocycles. The van der Waals surface area contributed by atoms with E-state index >= 15 is 9.59 Å². The number of nitrogens with one attached hydrogen (secondary N) is 10. The molecule has 23 nitrogen and oxygen atoms in total. The Morgan fingerprint density at radius 1 is 0.427 bits per heavy atom. The van der Waals surface area contributed by atoms with Gasteiger partial charge in [0, 0.05) is 118 Å². The van der Waals surface area contributed by atoms with Crippen LogP contribution in [-0.4, -0.2) is 132 Å². The molecule has 0 bridgehead atoms. The van der Waals surface area contributed by atoms with Gasteiger partial charge in [-0.05, 0) is 77.4 Å². The summed E-state index contributed by atoms with van der Waals surface area (Å²) in [4.78, 5) is 116. The van der Waals surface area contributed by atoms with Gasteiger partial charge < -0.3 is 78.9 Å². The number of nitrogens with two attached hydrogens (primary N) is 3. The van der Waals surface area contributed by atoms with Crippen molar-refractivity contribution in [3.63, 3.8) is 0 Å². The lowest BCUT2D eigenvalue weighted by Crippen LogP contribution is -2.60. The highest BCUT2D eigenvalue weighted by atomic mass is 19.4. The van der Waals surface area contributed by atoms with E-state index in [0.717, 1.165) is 60.1 Å². The molecule has 5 heterocycles. The molecule has 5 amide bonds. The number of rotatable bonds is 25. The number of nitrogens with zero attached hydrogens (tertiary/aromatic N) is 1. The van der Waals surface area contributed by atoms with Gasteiger partial charge in [0.2, 0.25) is 29.5 Å². The van der Waals surface area contributed by atoms with Crippen molar-refractivity contribution in [2.24, 2.45) is 22.2 Å². The first-order valence-electron chi connectivity index (χ1n) is 28.3. The lowest BCUT2D eigenvalue weighted by molar-refractivity contribution is -0.192. The molecule has 462 valence electrons. The molecule has 5 aromatic heterocycles. The van der Waals surface area contributed by atoms with Crippen LogP contribution in [0.1, 0.15) is 40.7 Å². The fourth-order valence-electron chi connectivity index (χ4n) is 10.7. The summed E-state index contributed by atoms with van der Waals surface area (Å²) in [5, 5.41) is 36.0. The number of para-hydroxylation sites is 5. The number of halogens is 3. The average molecular weight is 1220 g/mol. The summed E-state index contributed by atoms with van der Waals surface area (Å²) in [5.41, 5.74) is 25.2. The van der Waals surface area contributed by atoms with Crippen molar-refractivity contribution >= 4 is 102 Å². The third kappa shape index (κ3) is 15.8. The first-order chi connectivity index (χ1) is 42.7. The number of aromatic amines is 5. The summed E-state index contributed by atoms with van der Waals surface area (Å²) in [6.45, 7) is 0.133. The third-order valence-corrected chi connectivity index (χ3v) is 15.2. The van der Waals surface area contributed by atoms with E-state index in [1.165, 1.54) is 0 Å². The van der Waals surface area contributed by atoms with Crippen LogP contribution >= 0.6 is 0 Å². The Kier molecular flexibility index (Phi) is 19.8. The highest BCUT2D eigenvalue weighted by Crippen LogP contribution is 2.25. The van der Waals surface area contributed by atoms with Gasteiger partial charge in [0.1, 0.15) is 30.2 Å². The number of hydrogen-bond acceptors (Lipinski definition) is 9. The highest BCUT2D eigenvalue weighted by molar-refractivity contribution is 5.98. The van der Waals surface area contributed by atoms with Crippen LogP contribution < -0.4 is 43.8 Å². The third-order valence-electron chi connectivity index (χ3n) is 15.2. The van der Waals surface area contributed by atoms with Crippen molar-refractivity contribution in [2.45, 2.75) is 87.4 Å². The van der Waals surface area contributed by atoms with Gasteiger partial charge in [-0.3, -0.25) is 29.0 Å². The number of H-pyrrole nitrogens is 5. The average Bonchev–Trinajstić information content (AvgIpc) is 4.42. The van der Waals surface area contributed by atoms with Crippen molar-refractivity contribution in [2.75, 3.05) is 6.54 Å². The van der Waals surface area contributed by atoms with Crippen molar-refractivity contribution < 1.29 is 56.9 Å². The number of alkyl halides is 3. The summed E-state index contributed by atoms with van der Waals surface area (Å²) in [7, 11) is 0. The largest absolute Gasteiger partial charge is 0.490 e. The summed E-state index contributed by atoms with van der Waals surface area (Å²) in [6, 6.07) is 29.6. The number of guanidine groups is 1. The molecule has 18 N–H and O–H groups in total. The standard InChI is InChI=1S/C61H64N14O7.C2HF3O2/c62-44(24-34-29-66-45-17-6-1-12-39(34)45)55(76)71-50(22-11-23-65-61(63)64)56(77)72-51(25-35-30-67-46-18-7-2-13-40(35)46)57(78)73-52(26-36-31-68-47-19-8-3-14-41(36)47)58(79)74-53(27-37-32-69-48-20-9-4-15-42(37)48)59(80)75-54(60(81)82)28-38-33-70-49-21-10-5-16-43(38)49;3-2(4,5)1(6)7/h1-10,12-21,29-33,44,50-54,66-70H,11,22-28,62H2,(H,71,76)(H,72,77)(H,73,78)(H,74,79)(H,75,80)(H,81,82)(H4,63,64,65);(H,6,7)/t44-,50-,51-,52-,53-,54-;/m0./s1. The summed E-state index contributed by atoms with van der Waals surface area (Å²) < 4.78 is 31.7. The van der Waals surface area contributed by atoms with E-state index in [1.54, 1.807) is 31.0 Å². The molecule has 0 saturated carbocycles. The van der Waals surface area contributed by atoms with Crippen molar-refractivity contribution in [3.8, 4) is 0 Å². The predicted molar refractivity (Wildman–Crippen MR) is 329 cm³/mol. The molecule has 0 aliphatic heterocycles. The molecular weight excluding hydrogens is 1150 g/mol. The van der Waals surface area contributed by atoms with Gasteiger partial charge in [-0.15, -0.1) is 0 Å². The SMILES string of the molecule is NC(N)=NCCC[C@H](NC(=O)[C@@H](N)Cc1c[nH]c2ccccc12)C(=O)N[C@@H](Cc1c[nH]c2ccccc12)C(=O)N[C@@H](Cc1c[nH]c2ccccc12)C(=O)N[C@@H](Cc1c[nH]c2ccccc12)C(=O)N[C@@H](Cc1c[nH]c2ccccc12)C(=O)O.O=C(O)C(F)(F)F. The molecule has 0 spiro atoms. The van der Waals surface area contributed by atoms with Crippen LogP contribution in [-0.2, 0) is 65.7 Å². The summed E-state index contributed by atoms with van der Waals surface area (Å²) >= 11 is 0. The number of hydrogen-bond donors (Lipinski definition) is 15. The van der Waals surface area contributed by atoms with E-state index < -0.39 is 83.9 Å². The summed E-state index contributed by atoms with van der Waals surface area (Å²) in [6.07, 6.45) is 3.76. The first kappa shape index (κ1) is 62.6. The maximum Gasteiger partial charge on any atom is 0.490 e. The van der Waals surface area contributed by atoms with Gasteiger partial charge in [-0.1, -0.05) is 91.0 Å². The van der Waals surface area contributed by atoms with E-state index in [1.807, 2.05) is 121 Å². The Hall–Kier alpha value is -10.9. The van der Waals surface area contributed by atoms with E-state index in [2.05, 4.69) is 56.5 Å². The minimum absolute atomic E-state index is 0.0472. The number of carboxylic acids is 2. The zero-order chi connectivity index (χ0) is 63.4. The van der Waals surface area contributed by atoms with Crippen LogP contribution in [0.2, 0.25) is 0 Å². The number of carbonyl (C=O) groups is 7. The maximum absolute atomic E-state index is 15.3. The van der Waals surface area contributed by atoms with E-state index in [9.17, 15) is 37.5 Å². The fraction of sp³-hybridized carbons (Fsp3) is 0.238. The topological polar surface area (TPSA) is 389 Å². The lowest BCUT2D eigenvalue weighted by Gasteiger charge is -2.27. The second-order valence-electron chi connectivity index (χ2n) is 21.3. The minimum atomic E-state index is -5.08. The number of fused-ring (bicyclic) bond motifs is 5.